The molecule has 1 aliphatic carbocycles. The first-order valence-corrected chi connectivity index (χ1v) is 7.91. The summed E-state index contributed by atoms with van der Waals surface area (Å²) in [5.74, 6) is -0.488. The van der Waals surface area contributed by atoms with Crippen LogP contribution < -0.4 is 0 Å². The second kappa shape index (κ2) is 6.19. The number of esters is 1. The average molecular weight is 296 g/mol. The minimum absolute atomic E-state index is 0.191. The average Bonchev–Trinajstić information content (AvgIpc) is 2.39. The summed E-state index contributed by atoms with van der Waals surface area (Å²) in [5.41, 5.74) is 0.191. The predicted molar refractivity (Wildman–Crippen MR) is 73.4 cm³/mol. The van der Waals surface area contributed by atoms with Crippen LogP contribution in [0.15, 0.2) is 42.2 Å². The summed E-state index contributed by atoms with van der Waals surface area (Å²) in [6.07, 6.45) is 5.14. The maximum atomic E-state index is 12.1. The van der Waals surface area contributed by atoms with Crippen LogP contribution in [0.3, 0.4) is 0 Å². The number of ether oxygens (including phenoxy) is 1. The van der Waals surface area contributed by atoms with Gasteiger partial charge in [0.25, 0.3) is 10.1 Å². The Morgan fingerprint density at radius 2 is 1.90 bits per heavy atom. The van der Waals surface area contributed by atoms with Gasteiger partial charge >= 0.3 is 5.97 Å². The van der Waals surface area contributed by atoms with E-state index >= 15 is 0 Å². The lowest BCUT2D eigenvalue weighted by Gasteiger charge is -2.17. The zero-order valence-corrected chi connectivity index (χ0v) is 11.7. The molecule has 0 saturated heterocycles. The normalized spacial score (nSPS) is 17.1. The van der Waals surface area contributed by atoms with Crippen molar-refractivity contribution in [3.05, 3.63) is 47.7 Å². The molecule has 1 aromatic carbocycles. The Hall–Kier alpha value is -1.66. The quantitative estimate of drug-likeness (QED) is 0.682. The van der Waals surface area contributed by atoms with Crippen molar-refractivity contribution in [1.29, 1.82) is 0 Å². The van der Waals surface area contributed by atoms with E-state index in [4.69, 9.17) is 4.74 Å². The fourth-order valence-electron chi connectivity index (χ4n) is 2.14. The van der Waals surface area contributed by atoms with Gasteiger partial charge in [-0.1, -0.05) is 30.3 Å². The number of rotatable bonds is 4. The first-order valence-electron chi connectivity index (χ1n) is 6.40. The van der Waals surface area contributed by atoms with Crippen LogP contribution in [-0.4, -0.2) is 18.9 Å². The molecule has 1 unspecified atom stereocenters. The van der Waals surface area contributed by atoms with E-state index in [0.717, 1.165) is 19.3 Å². The van der Waals surface area contributed by atoms with Crippen molar-refractivity contribution in [3.8, 4) is 0 Å². The van der Waals surface area contributed by atoms with Crippen molar-refractivity contribution in [2.24, 2.45) is 0 Å². The molecule has 0 radical (unpaired) electrons. The predicted octanol–water partition coefficient (Wildman–Crippen LogP) is 2.62. The second-order valence-electron chi connectivity index (χ2n) is 4.64. The molecule has 2 rings (SSSR count). The van der Waals surface area contributed by atoms with E-state index in [0.29, 0.717) is 12.2 Å². The summed E-state index contributed by atoms with van der Waals surface area (Å²) in [7, 11) is -4.57. The SMILES string of the molecule is O=C(OC1=CCCCC1)C(c1ccccc1)S(=O)(=O)O. The van der Waals surface area contributed by atoms with Crippen LogP contribution >= 0.6 is 0 Å². The van der Waals surface area contributed by atoms with Crippen LogP contribution in [0.25, 0.3) is 0 Å². The molecule has 1 aliphatic rings. The van der Waals surface area contributed by atoms with Gasteiger partial charge in [0.1, 0.15) is 5.76 Å². The van der Waals surface area contributed by atoms with E-state index in [1.54, 1.807) is 24.3 Å². The molecule has 5 nitrogen and oxygen atoms in total. The zero-order valence-electron chi connectivity index (χ0n) is 10.9. The third kappa shape index (κ3) is 3.68. The van der Waals surface area contributed by atoms with E-state index in [1.807, 2.05) is 0 Å². The Bertz CT molecular complexity index is 604. The second-order valence-corrected chi connectivity index (χ2v) is 6.14. The van der Waals surface area contributed by atoms with Crippen LogP contribution in [0.2, 0.25) is 0 Å². The molecule has 0 saturated carbocycles. The van der Waals surface area contributed by atoms with Crippen molar-refractivity contribution >= 4 is 16.1 Å². The topological polar surface area (TPSA) is 80.7 Å². The van der Waals surface area contributed by atoms with Gasteiger partial charge in [0.05, 0.1) is 0 Å². The summed E-state index contributed by atoms with van der Waals surface area (Å²) < 4.78 is 37.3. The third-order valence-corrected chi connectivity index (χ3v) is 4.16. The molecule has 0 bridgehead atoms. The molecule has 0 aliphatic heterocycles. The first kappa shape index (κ1) is 14.7. The van der Waals surface area contributed by atoms with Crippen molar-refractivity contribution in [2.75, 3.05) is 0 Å². The molecule has 6 heteroatoms. The standard InChI is InChI=1S/C14H16O5S/c15-14(19-12-9-5-2-6-10-12)13(20(16,17)18)11-7-3-1-4-8-11/h1,3-4,7-9,13H,2,5-6,10H2,(H,16,17,18). The highest BCUT2D eigenvalue weighted by Gasteiger charge is 2.35. The van der Waals surface area contributed by atoms with Crippen molar-refractivity contribution in [3.63, 3.8) is 0 Å². The first-order chi connectivity index (χ1) is 9.48. The molecular formula is C14H16O5S. The lowest BCUT2D eigenvalue weighted by atomic mass is 10.1. The van der Waals surface area contributed by atoms with Gasteiger partial charge in [0, 0.05) is 6.42 Å². The minimum atomic E-state index is -4.57. The Balaban J connectivity index is 2.24. The summed E-state index contributed by atoms with van der Waals surface area (Å²) in [6.45, 7) is 0. The summed E-state index contributed by atoms with van der Waals surface area (Å²) in [5, 5.41) is -1.70. The molecule has 1 aromatic rings. The molecule has 108 valence electrons. The maximum Gasteiger partial charge on any atom is 0.336 e. The van der Waals surface area contributed by atoms with E-state index in [1.165, 1.54) is 12.1 Å². The molecule has 0 amide bonds. The van der Waals surface area contributed by atoms with Crippen molar-refractivity contribution in [2.45, 2.75) is 30.9 Å². The van der Waals surface area contributed by atoms with E-state index in [-0.39, 0.29) is 5.56 Å². The highest BCUT2D eigenvalue weighted by molar-refractivity contribution is 7.86. The van der Waals surface area contributed by atoms with Gasteiger partial charge < -0.3 is 4.74 Å². The lowest BCUT2D eigenvalue weighted by Crippen LogP contribution is -2.24. The van der Waals surface area contributed by atoms with Crippen LogP contribution in [-0.2, 0) is 19.6 Å². The van der Waals surface area contributed by atoms with Gasteiger partial charge in [-0.25, -0.2) is 4.79 Å². The van der Waals surface area contributed by atoms with E-state index in [2.05, 4.69) is 0 Å². The smallest absolute Gasteiger partial charge is 0.336 e. The van der Waals surface area contributed by atoms with Gasteiger partial charge in [-0.2, -0.15) is 8.42 Å². The number of allylic oxidation sites excluding steroid dienone is 2. The monoisotopic (exact) mass is 296 g/mol. The van der Waals surface area contributed by atoms with Gasteiger partial charge in [-0.3, -0.25) is 4.55 Å². The van der Waals surface area contributed by atoms with Crippen LogP contribution in [0, 0.1) is 0 Å². The lowest BCUT2D eigenvalue weighted by molar-refractivity contribution is -0.139. The summed E-state index contributed by atoms with van der Waals surface area (Å²) in [6, 6.07) is 7.82. The third-order valence-electron chi connectivity index (χ3n) is 3.10. The summed E-state index contributed by atoms with van der Waals surface area (Å²) in [4.78, 5) is 12.1. The van der Waals surface area contributed by atoms with E-state index in [9.17, 15) is 17.8 Å². The van der Waals surface area contributed by atoms with Crippen LogP contribution in [0.5, 0.6) is 0 Å². The molecule has 0 aromatic heterocycles. The van der Waals surface area contributed by atoms with Gasteiger partial charge in [-0.15, -0.1) is 0 Å². The highest BCUT2D eigenvalue weighted by Crippen LogP contribution is 2.26. The number of benzene rings is 1. The molecule has 0 spiro atoms. The summed E-state index contributed by atoms with van der Waals surface area (Å²) >= 11 is 0. The highest BCUT2D eigenvalue weighted by atomic mass is 32.2. The molecular weight excluding hydrogens is 280 g/mol. The van der Waals surface area contributed by atoms with E-state index < -0.39 is 21.3 Å². The minimum Gasteiger partial charge on any atom is -0.430 e. The van der Waals surface area contributed by atoms with Crippen molar-refractivity contribution < 1.29 is 22.5 Å². The Labute approximate surface area is 118 Å². The number of carbonyl (C=O) groups is 1. The number of hydrogen-bond acceptors (Lipinski definition) is 4. The maximum absolute atomic E-state index is 12.1. The van der Waals surface area contributed by atoms with Gasteiger partial charge in [-0.05, 0) is 30.9 Å². The Morgan fingerprint density at radius 3 is 2.45 bits per heavy atom. The van der Waals surface area contributed by atoms with Crippen LogP contribution in [0.1, 0.15) is 36.5 Å². The van der Waals surface area contributed by atoms with Gasteiger partial charge in [0.15, 0.2) is 0 Å². The van der Waals surface area contributed by atoms with Gasteiger partial charge in [0.2, 0.25) is 5.25 Å². The number of carbonyl (C=O) groups excluding carboxylic acids is 1. The van der Waals surface area contributed by atoms with Crippen LogP contribution in [0.4, 0.5) is 0 Å². The molecule has 0 heterocycles. The molecule has 20 heavy (non-hydrogen) atoms. The fourth-order valence-corrected chi connectivity index (χ4v) is 2.93. The zero-order chi connectivity index (χ0) is 14.6. The Morgan fingerprint density at radius 1 is 1.20 bits per heavy atom. The largest absolute Gasteiger partial charge is 0.430 e. The van der Waals surface area contributed by atoms with Crippen molar-refractivity contribution in [1.82, 2.24) is 0 Å². The Kier molecular flexibility index (Phi) is 4.57. The fraction of sp³-hybridized carbons (Fsp3) is 0.357. The molecule has 1 atom stereocenters. The molecule has 0 fully saturated rings. The number of hydrogen-bond donors (Lipinski definition) is 1. The molecule has 1 N–H and O–H groups in total.